The first-order valence-corrected chi connectivity index (χ1v) is 12.1. The van der Waals surface area contributed by atoms with E-state index in [1.54, 1.807) is 4.68 Å². The maximum atomic E-state index is 13.3. The molecule has 0 aliphatic carbocycles. The summed E-state index contributed by atoms with van der Waals surface area (Å²) in [4.78, 5) is 29.9. The summed E-state index contributed by atoms with van der Waals surface area (Å²) in [6.07, 6.45) is 2.42. The first-order valence-electron chi connectivity index (χ1n) is 12.1. The molecule has 1 aromatic heterocycles. The minimum absolute atomic E-state index is 0.0664. The standard InChI is InChI=1S/C28H32N4O4/c1-5-17-36-22-13-11-20(12-14-22)25-24(27(34)28(35)31(25)16-15-30(3)4)26(33)23-18-29-32(19(23)2)21-9-7-6-8-10-21/h6-14,18,25,33H,5,15-17H2,1-4H3. The third kappa shape index (κ3) is 4.90. The van der Waals surface area contributed by atoms with Crippen molar-refractivity contribution in [2.24, 2.45) is 0 Å². The Morgan fingerprint density at radius 2 is 1.78 bits per heavy atom. The molecule has 2 aromatic carbocycles. The van der Waals surface area contributed by atoms with Gasteiger partial charge in [-0.25, -0.2) is 4.68 Å². The zero-order chi connectivity index (χ0) is 25.8. The number of aliphatic hydroxyl groups excluding tert-OH is 1. The molecule has 3 aromatic rings. The molecule has 36 heavy (non-hydrogen) atoms. The minimum Gasteiger partial charge on any atom is -0.507 e. The first kappa shape index (κ1) is 25.2. The lowest BCUT2D eigenvalue weighted by Gasteiger charge is -2.26. The van der Waals surface area contributed by atoms with Gasteiger partial charge in [0.2, 0.25) is 0 Å². The van der Waals surface area contributed by atoms with Crippen LogP contribution in [0, 0.1) is 6.92 Å². The molecule has 8 nitrogen and oxygen atoms in total. The molecular weight excluding hydrogens is 456 g/mol. The van der Waals surface area contributed by atoms with E-state index in [0.29, 0.717) is 36.7 Å². The minimum atomic E-state index is -0.718. The van der Waals surface area contributed by atoms with Gasteiger partial charge in [0, 0.05) is 13.1 Å². The van der Waals surface area contributed by atoms with Crippen LogP contribution in [0.1, 0.15) is 36.2 Å². The Kier molecular flexibility index (Phi) is 7.55. The predicted octanol–water partition coefficient (Wildman–Crippen LogP) is 3.95. The average molecular weight is 489 g/mol. The fourth-order valence-corrected chi connectivity index (χ4v) is 4.35. The quantitative estimate of drug-likeness (QED) is 0.279. The summed E-state index contributed by atoms with van der Waals surface area (Å²) in [5, 5.41) is 15.9. The van der Waals surface area contributed by atoms with Gasteiger partial charge in [-0.2, -0.15) is 5.10 Å². The number of hydrogen-bond donors (Lipinski definition) is 1. The van der Waals surface area contributed by atoms with Crippen LogP contribution in [0.15, 0.2) is 66.4 Å². The maximum absolute atomic E-state index is 13.3. The predicted molar refractivity (Wildman–Crippen MR) is 138 cm³/mol. The lowest BCUT2D eigenvalue weighted by atomic mass is 9.95. The maximum Gasteiger partial charge on any atom is 0.295 e. The zero-order valence-electron chi connectivity index (χ0n) is 21.1. The van der Waals surface area contributed by atoms with Crippen LogP contribution < -0.4 is 4.74 Å². The average Bonchev–Trinajstić information content (AvgIpc) is 3.39. The number of nitrogens with zero attached hydrogens (tertiary/aromatic N) is 4. The van der Waals surface area contributed by atoms with Crippen molar-refractivity contribution in [1.29, 1.82) is 0 Å². The van der Waals surface area contributed by atoms with Gasteiger partial charge in [0.15, 0.2) is 0 Å². The van der Waals surface area contributed by atoms with Crippen molar-refractivity contribution < 1.29 is 19.4 Å². The van der Waals surface area contributed by atoms with Crippen molar-refractivity contribution in [3.63, 3.8) is 0 Å². The highest BCUT2D eigenvalue weighted by Crippen LogP contribution is 2.40. The van der Waals surface area contributed by atoms with E-state index in [1.807, 2.05) is 87.4 Å². The summed E-state index contributed by atoms with van der Waals surface area (Å²) in [5.41, 5.74) is 2.71. The van der Waals surface area contributed by atoms with Crippen LogP contribution >= 0.6 is 0 Å². The van der Waals surface area contributed by atoms with Gasteiger partial charge in [-0.15, -0.1) is 0 Å². The van der Waals surface area contributed by atoms with Gasteiger partial charge in [-0.3, -0.25) is 9.59 Å². The van der Waals surface area contributed by atoms with Gasteiger partial charge < -0.3 is 19.6 Å². The summed E-state index contributed by atoms with van der Waals surface area (Å²) < 4.78 is 7.40. The van der Waals surface area contributed by atoms with Crippen LogP contribution in [0.3, 0.4) is 0 Å². The summed E-state index contributed by atoms with van der Waals surface area (Å²) >= 11 is 0. The molecule has 1 unspecified atom stereocenters. The second kappa shape index (κ2) is 10.8. The van der Waals surface area contributed by atoms with Crippen molar-refractivity contribution in [1.82, 2.24) is 19.6 Å². The first-order chi connectivity index (χ1) is 17.3. The molecule has 8 heteroatoms. The number of ketones is 1. The van der Waals surface area contributed by atoms with Crippen LogP contribution in [0.5, 0.6) is 5.75 Å². The number of Topliss-reactive ketones (excluding diaryl/α,β-unsaturated/α-hetero) is 1. The number of likely N-dealkylation sites (N-methyl/N-ethyl adjacent to an activating group) is 1. The second-order valence-corrected chi connectivity index (χ2v) is 9.10. The Hall–Kier alpha value is -3.91. The van der Waals surface area contributed by atoms with Crippen LogP contribution in [-0.2, 0) is 9.59 Å². The fourth-order valence-electron chi connectivity index (χ4n) is 4.35. The second-order valence-electron chi connectivity index (χ2n) is 9.10. The Morgan fingerprint density at radius 3 is 2.42 bits per heavy atom. The molecule has 188 valence electrons. The molecule has 4 rings (SSSR count). The van der Waals surface area contributed by atoms with Crippen LogP contribution in [0.2, 0.25) is 0 Å². The van der Waals surface area contributed by atoms with Gasteiger partial charge in [0.25, 0.3) is 11.7 Å². The lowest BCUT2D eigenvalue weighted by molar-refractivity contribution is -0.140. The monoisotopic (exact) mass is 488 g/mol. The van der Waals surface area contributed by atoms with Crippen molar-refractivity contribution >= 4 is 17.4 Å². The van der Waals surface area contributed by atoms with E-state index in [0.717, 1.165) is 17.7 Å². The number of ether oxygens (including phenoxy) is 1. The number of amides is 1. The van der Waals surface area contributed by atoms with Crippen molar-refractivity contribution in [2.75, 3.05) is 33.8 Å². The number of aromatic nitrogens is 2. The molecule has 0 spiro atoms. The topological polar surface area (TPSA) is 87.9 Å². The molecule has 0 radical (unpaired) electrons. The Morgan fingerprint density at radius 1 is 1.08 bits per heavy atom. The third-order valence-corrected chi connectivity index (χ3v) is 6.26. The van der Waals surface area contributed by atoms with E-state index in [2.05, 4.69) is 5.10 Å². The Balaban J connectivity index is 1.79. The molecule has 1 fully saturated rings. The zero-order valence-corrected chi connectivity index (χ0v) is 21.1. The summed E-state index contributed by atoms with van der Waals surface area (Å²) in [5.74, 6) is -0.834. The molecule has 1 saturated heterocycles. The number of para-hydroxylation sites is 1. The van der Waals surface area contributed by atoms with Crippen molar-refractivity contribution in [3.05, 3.63) is 83.2 Å². The Bertz CT molecular complexity index is 1260. The highest BCUT2D eigenvalue weighted by Gasteiger charge is 2.46. The number of benzene rings is 2. The molecule has 1 N–H and O–H groups in total. The van der Waals surface area contributed by atoms with E-state index < -0.39 is 17.7 Å². The smallest absolute Gasteiger partial charge is 0.295 e. The molecule has 0 bridgehead atoms. The normalized spacial score (nSPS) is 17.2. The van der Waals surface area contributed by atoms with Gasteiger partial charge >= 0.3 is 0 Å². The van der Waals surface area contributed by atoms with Crippen LogP contribution in [0.4, 0.5) is 0 Å². The van der Waals surface area contributed by atoms with E-state index in [-0.39, 0.29) is 11.3 Å². The highest BCUT2D eigenvalue weighted by molar-refractivity contribution is 6.46. The SMILES string of the molecule is CCCOc1ccc(C2C(=C(O)c3cnn(-c4ccccc4)c3C)C(=O)C(=O)N2CCN(C)C)cc1. The molecule has 2 heterocycles. The largest absolute Gasteiger partial charge is 0.507 e. The number of carbonyl (C=O) groups is 2. The number of likely N-dealkylation sites (tertiary alicyclic amines) is 1. The van der Waals surface area contributed by atoms with E-state index in [4.69, 9.17) is 4.74 Å². The third-order valence-electron chi connectivity index (χ3n) is 6.26. The number of carbonyl (C=O) groups excluding carboxylic acids is 2. The fraction of sp³-hybridized carbons (Fsp3) is 0.321. The number of hydrogen-bond acceptors (Lipinski definition) is 6. The lowest BCUT2D eigenvalue weighted by Crippen LogP contribution is -2.35. The molecule has 1 atom stereocenters. The van der Waals surface area contributed by atoms with Crippen LogP contribution in [-0.4, -0.2) is 70.2 Å². The number of aliphatic hydroxyl groups is 1. The molecular formula is C28H32N4O4. The summed E-state index contributed by atoms with van der Waals surface area (Å²) in [6.45, 7) is 5.38. The van der Waals surface area contributed by atoms with Gasteiger partial charge in [-0.1, -0.05) is 37.3 Å². The van der Waals surface area contributed by atoms with Crippen LogP contribution in [0.25, 0.3) is 11.4 Å². The number of rotatable bonds is 9. The van der Waals surface area contributed by atoms with Gasteiger partial charge in [0.05, 0.1) is 41.4 Å². The van der Waals surface area contributed by atoms with Gasteiger partial charge in [0.1, 0.15) is 11.5 Å². The molecule has 0 saturated carbocycles. The molecule has 1 aliphatic heterocycles. The van der Waals surface area contributed by atoms with E-state index >= 15 is 0 Å². The van der Waals surface area contributed by atoms with E-state index in [1.165, 1.54) is 11.1 Å². The van der Waals surface area contributed by atoms with Crippen molar-refractivity contribution in [3.8, 4) is 11.4 Å². The summed E-state index contributed by atoms with van der Waals surface area (Å²) in [6, 6.07) is 16.2. The Labute approximate surface area is 211 Å². The molecule has 1 amide bonds. The van der Waals surface area contributed by atoms with E-state index in [9.17, 15) is 14.7 Å². The molecule has 1 aliphatic rings. The highest BCUT2D eigenvalue weighted by atomic mass is 16.5. The summed E-state index contributed by atoms with van der Waals surface area (Å²) in [7, 11) is 3.82. The van der Waals surface area contributed by atoms with Gasteiger partial charge in [-0.05, 0) is 57.3 Å². The van der Waals surface area contributed by atoms with Crippen molar-refractivity contribution in [2.45, 2.75) is 26.3 Å².